The first-order valence-electron chi connectivity index (χ1n) is 5.74. The third kappa shape index (κ3) is 3.18. The summed E-state index contributed by atoms with van der Waals surface area (Å²) in [6.45, 7) is 3.97. The number of H-pyrrole nitrogens is 1. The average Bonchev–Trinajstić information content (AvgIpc) is 2.62. The summed E-state index contributed by atoms with van der Waals surface area (Å²) in [5.41, 5.74) is 1.00. The Balaban J connectivity index is 2.96. The number of alkyl halides is 3. The number of hydrogen-bond donors (Lipinski definition) is 2. The van der Waals surface area contributed by atoms with Crippen LogP contribution in [-0.2, 0) is 4.79 Å². The molecule has 0 spiro atoms. The molecule has 20 heavy (non-hydrogen) atoms. The van der Waals surface area contributed by atoms with Crippen LogP contribution < -0.4 is 5.32 Å². The molecule has 1 rings (SSSR count). The van der Waals surface area contributed by atoms with E-state index in [1.165, 1.54) is 0 Å². The molecule has 4 nitrogen and oxygen atoms in total. The topological polar surface area (TPSA) is 62.0 Å². The second kappa shape index (κ2) is 5.64. The van der Waals surface area contributed by atoms with Crippen molar-refractivity contribution in [2.75, 3.05) is 0 Å². The Morgan fingerprint density at radius 1 is 1.40 bits per heavy atom. The van der Waals surface area contributed by atoms with Crippen molar-refractivity contribution in [2.24, 2.45) is 0 Å². The molecular formula is C12H13BF3N2O2. The van der Waals surface area contributed by atoms with Gasteiger partial charge in [0.15, 0.2) is 0 Å². The molecule has 1 amide bonds. The zero-order valence-corrected chi connectivity index (χ0v) is 11.2. The van der Waals surface area contributed by atoms with Gasteiger partial charge in [0.1, 0.15) is 0 Å². The van der Waals surface area contributed by atoms with Gasteiger partial charge < -0.3 is 0 Å². The number of hydrogen-bond acceptors (Lipinski definition) is 2. The molecule has 0 fully saturated rings. The Morgan fingerprint density at radius 3 is 2.35 bits per heavy atom. The van der Waals surface area contributed by atoms with Gasteiger partial charge in [-0.3, -0.25) is 0 Å². The van der Waals surface area contributed by atoms with Crippen LogP contribution >= 0.6 is 0 Å². The molecular weight excluding hydrogens is 272 g/mol. The first kappa shape index (κ1) is 16.2. The molecule has 1 aromatic heterocycles. The Bertz CT molecular complexity index is 564. The van der Waals surface area contributed by atoms with Gasteiger partial charge in [0.05, 0.1) is 0 Å². The molecule has 0 aliphatic carbocycles. The summed E-state index contributed by atoms with van der Waals surface area (Å²) in [5.74, 6) is -1.04. The summed E-state index contributed by atoms with van der Waals surface area (Å²) in [6.07, 6.45) is -3.96. The average molecular weight is 285 g/mol. The molecule has 0 aromatic carbocycles. The van der Waals surface area contributed by atoms with Gasteiger partial charge in [0, 0.05) is 0 Å². The van der Waals surface area contributed by atoms with Crippen molar-refractivity contribution in [1.82, 2.24) is 10.3 Å². The molecule has 1 aromatic rings. The molecule has 1 unspecified atom stereocenters. The first-order valence-corrected chi connectivity index (χ1v) is 5.74. The molecule has 107 valence electrons. The summed E-state index contributed by atoms with van der Waals surface area (Å²) in [5, 5.41) is 1.76. The van der Waals surface area contributed by atoms with E-state index in [2.05, 4.69) is 4.98 Å². The second-order valence-electron chi connectivity index (χ2n) is 4.43. The number of amides is 1. The quantitative estimate of drug-likeness (QED) is 0.645. The van der Waals surface area contributed by atoms with Crippen LogP contribution in [-0.4, -0.2) is 42.3 Å². The third-order valence-electron chi connectivity index (χ3n) is 2.97. The number of carbonyl (C=O) groups is 2. The maximum absolute atomic E-state index is 12.4. The SMILES string of the molecule is [B]=C(C(=O)NC(C)C(F)(F)F)c1[nH]c(C)c(C=O)c1C. The van der Waals surface area contributed by atoms with E-state index < -0.39 is 23.6 Å². The van der Waals surface area contributed by atoms with Gasteiger partial charge >= 0.3 is 114 Å². The van der Waals surface area contributed by atoms with Gasteiger partial charge in [-0.15, -0.1) is 0 Å². The zero-order valence-electron chi connectivity index (χ0n) is 11.2. The normalized spacial score (nSPS) is 12.8. The fraction of sp³-hybridized carbons (Fsp3) is 0.417. The van der Waals surface area contributed by atoms with E-state index in [0.29, 0.717) is 23.1 Å². The standard InChI is InChI=1S/C12H13BF3N2O2/c1-5-8(4-19)6(2)17-10(5)9(13)11(20)18-7(3)12(14,15)16/h4,7,17H,1-3H3,(H,18,20). The predicted octanol–water partition coefficient (Wildman–Crippen LogP) is 1.20. The van der Waals surface area contributed by atoms with E-state index in [4.69, 9.17) is 7.49 Å². The van der Waals surface area contributed by atoms with Gasteiger partial charge in [0.2, 0.25) is 0 Å². The van der Waals surface area contributed by atoms with Crippen LogP contribution in [0.25, 0.3) is 0 Å². The number of aromatic amines is 1. The fourth-order valence-electron chi connectivity index (χ4n) is 1.68. The van der Waals surface area contributed by atoms with Crippen LogP contribution in [0.3, 0.4) is 0 Å². The van der Waals surface area contributed by atoms with E-state index in [0.717, 1.165) is 6.92 Å². The van der Waals surface area contributed by atoms with Crippen LogP contribution in [0.5, 0.6) is 0 Å². The number of rotatable bonds is 4. The molecule has 0 aliphatic rings. The number of halogens is 3. The minimum atomic E-state index is -4.55. The number of carbonyl (C=O) groups excluding carboxylic acids is 2. The second-order valence-corrected chi connectivity index (χ2v) is 4.43. The van der Waals surface area contributed by atoms with E-state index in [9.17, 15) is 22.8 Å². The molecule has 1 atom stereocenters. The van der Waals surface area contributed by atoms with Crippen molar-refractivity contribution in [1.29, 1.82) is 0 Å². The molecule has 8 heteroatoms. The van der Waals surface area contributed by atoms with Gasteiger partial charge in [-0.1, -0.05) is 0 Å². The van der Waals surface area contributed by atoms with E-state index in [-0.39, 0.29) is 5.69 Å². The molecule has 0 bridgehead atoms. The van der Waals surface area contributed by atoms with Crippen LogP contribution in [0.15, 0.2) is 0 Å². The zero-order chi connectivity index (χ0) is 15.7. The van der Waals surface area contributed by atoms with Gasteiger partial charge in [-0.05, 0) is 0 Å². The van der Waals surface area contributed by atoms with Crippen molar-refractivity contribution in [2.45, 2.75) is 33.0 Å². The summed E-state index contributed by atoms with van der Waals surface area (Å²) in [4.78, 5) is 25.2. The van der Waals surface area contributed by atoms with Crippen LogP contribution in [0.2, 0.25) is 0 Å². The third-order valence-corrected chi connectivity index (χ3v) is 2.97. The van der Waals surface area contributed by atoms with Crippen molar-refractivity contribution < 1.29 is 22.8 Å². The van der Waals surface area contributed by atoms with Crippen molar-refractivity contribution in [3.8, 4) is 0 Å². The summed E-state index contributed by atoms with van der Waals surface area (Å²) < 4.78 is 37.1. The molecule has 0 aliphatic heterocycles. The Kier molecular flexibility index (Phi) is 4.57. The Hall–Kier alpha value is -1.86. The summed E-state index contributed by atoms with van der Waals surface area (Å²) in [6, 6.07) is -2.02. The summed E-state index contributed by atoms with van der Waals surface area (Å²) >= 11 is 0. The van der Waals surface area contributed by atoms with E-state index in [1.807, 2.05) is 0 Å². The van der Waals surface area contributed by atoms with Crippen molar-refractivity contribution >= 4 is 25.1 Å². The Morgan fingerprint density at radius 2 is 1.95 bits per heavy atom. The van der Waals surface area contributed by atoms with Crippen molar-refractivity contribution in [3.05, 3.63) is 22.5 Å². The van der Waals surface area contributed by atoms with Crippen LogP contribution in [0.1, 0.15) is 34.2 Å². The van der Waals surface area contributed by atoms with Crippen molar-refractivity contribution in [3.63, 3.8) is 0 Å². The monoisotopic (exact) mass is 285 g/mol. The number of aryl methyl sites for hydroxylation is 1. The molecule has 1 heterocycles. The maximum atomic E-state index is 12.4. The summed E-state index contributed by atoms with van der Waals surface area (Å²) in [7, 11) is 5.56. The number of aromatic nitrogens is 1. The molecule has 0 saturated carbocycles. The predicted molar refractivity (Wildman–Crippen MR) is 69.2 cm³/mol. The molecule has 1 radical (unpaired) electrons. The van der Waals surface area contributed by atoms with E-state index in [1.54, 1.807) is 19.2 Å². The van der Waals surface area contributed by atoms with Crippen LogP contribution in [0.4, 0.5) is 13.2 Å². The Labute approximate surface area is 114 Å². The first-order chi connectivity index (χ1) is 9.09. The van der Waals surface area contributed by atoms with Crippen LogP contribution in [0, 0.1) is 13.8 Å². The van der Waals surface area contributed by atoms with Gasteiger partial charge in [0.25, 0.3) is 0 Å². The minimum absolute atomic E-state index is 0.150. The van der Waals surface area contributed by atoms with Gasteiger partial charge in [-0.2, -0.15) is 0 Å². The number of aldehydes is 1. The van der Waals surface area contributed by atoms with E-state index >= 15 is 0 Å². The molecule has 0 saturated heterocycles. The molecule has 2 N–H and O–H groups in total. The number of nitrogens with one attached hydrogen (secondary N) is 2. The van der Waals surface area contributed by atoms with Gasteiger partial charge in [-0.25, -0.2) is 0 Å². The fourth-order valence-corrected chi connectivity index (χ4v) is 1.68.